The number of hydrogen-bond acceptors (Lipinski definition) is 6. The van der Waals surface area contributed by atoms with E-state index in [1.54, 1.807) is 7.11 Å². The van der Waals surface area contributed by atoms with Gasteiger partial charge in [-0.25, -0.2) is 4.98 Å². The molecule has 2 heterocycles. The van der Waals surface area contributed by atoms with Gasteiger partial charge in [0.25, 0.3) is 0 Å². The van der Waals surface area contributed by atoms with Crippen LogP contribution < -0.4 is 14.8 Å². The molecule has 1 unspecified atom stereocenters. The average molecular weight is 430 g/mol. The molecule has 6 heteroatoms. The second-order valence-electron chi connectivity index (χ2n) is 8.89. The van der Waals surface area contributed by atoms with Gasteiger partial charge < -0.3 is 24.4 Å². The highest BCUT2D eigenvalue weighted by atomic mass is 16.5. The third-order valence-electron chi connectivity index (χ3n) is 5.83. The van der Waals surface area contributed by atoms with Gasteiger partial charge in [0, 0.05) is 29.6 Å². The van der Waals surface area contributed by atoms with Gasteiger partial charge in [0.15, 0.2) is 11.5 Å². The number of rotatable bonds is 11. The molecule has 3 rings (SSSR count). The van der Waals surface area contributed by atoms with Crippen molar-refractivity contribution in [2.45, 2.75) is 72.1 Å². The van der Waals surface area contributed by atoms with Crippen LogP contribution in [0.4, 0.5) is 5.82 Å². The van der Waals surface area contributed by atoms with Crippen molar-refractivity contribution in [2.75, 3.05) is 39.2 Å². The summed E-state index contributed by atoms with van der Waals surface area (Å²) in [5.41, 5.74) is 3.25. The average Bonchev–Trinajstić information content (AvgIpc) is 3.03. The minimum Gasteiger partial charge on any atom is -0.493 e. The van der Waals surface area contributed by atoms with Gasteiger partial charge in [-0.1, -0.05) is 13.3 Å². The molecular weight excluding hydrogens is 390 g/mol. The van der Waals surface area contributed by atoms with Crippen molar-refractivity contribution in [2.24, 2.45) is 0 Å². The normalized spacial score (nSPS) is 18.1. The maximum Gasteiger partial charge on any atom is 0.163 e. The largest absolute Gasteiger partial charge is 0.493 e. The van der Waals surface area contributed by atoms with Crippen LogP contribution in [0.1, 0.15) is 77.2 Å². The van der Waals surface area contributed by atoms with E-state index in [1.165, 1.54) is 18.4 Å². The van der Waals surface area contributed by atoms with Gasteiger partial charge in [-0.15, -0.1) is 0 Å². The summed E-state index contributed by atoms with van der Waals surface area (Å²) in [5, 5.41) is 4.58. The van der Waals surface area contributed by atoms with Crippen LogP contribution in [0.3, 0.4) is 0 Å². The Kier molecular flexibility index (Phi) is 8.00. The molecule has 0 spiro atoms. The first-order valence-electron chi connectivity index (χ1n) is 11.6. The summed E-state index contributed by atoms with van der Waals surface area (Å²) in [6, 6.07) is 4.35. The fourth-order valence-corrected chi connectivity index (χ4v) is 4.31. The SMILES string of the molecule is CCCCN(C)CCCOc1cc2nc(NC(C)C)c3c(c2cc1OC)[C@@H](C)OC3C. The molecular formula is C25H39N3O3. The molecule has 0 bridgehead atoms. The van der Waals surface area contributed by atoms with Crippen LogP contribution in [0.2, 0.25) is 0 Å². The Bertz CT molecular complexity index is 884. The van der Waals surface area contributed by atoms with Gasteiger partial charge in [0.2, 0.25) is 0 Å². The standard InChI is InChI=1S/C25H39N3O3/c1-8-9-11-28(6)12-10-13-30-22-15-20-19(14-21(22)29-7)23-17(4)31-18(5)24(23)25(27-20)26-16(2)3/h14-18H,8-13H2,1-7H3,(H,26,27)/t17-,18?/m1/s1. The van der Waals surface area contributed by atoms with Crippen molar-refractivity contribution in [1.82, 2.24) is 9.88 Å². The predicted octanol–water partition coefficient (Wildman–Crippen LogP) is 5.72. The lowest BCUT2D eigenvalue weighted by molar-refractivity contribution is 0.0338. The highest BCUT2D eigenvalue weighted by Crippen LogP contribution is 2.47. The maximum atomic E-state index is 6.14. The molecule has 0 aliphatic carbocycles. The van der Waals surface area contributed by atoms with E-state index < -0.39 is 0 Å². The summed E-state index contributed by atoms with van der Waals surface area (Å²) >= 11 is 0. The first kappa shape index (κ1) is 23.6. The van der Waals surface area contributed by atoms with Crippen LogP contribution in [-0.4, -0.2) is 49.8 Å². The van der Waals surface area contributed by atoms with Crippen molar-refractivity contribution in [1.29, 1.82) is 0 Å². The molecule has 1 aliphatic heterocycles. The maximum absolute atomic E-state index is 6.14. The summed E-state index contributed by atoms with van der Waals surface area (Å²) in [4.78, 5) is 7.33. The molecule has 2 aromatic rings. The van der Waals surface area contributed by atoms with Crippen molar-refractivity contribution >= 4 is 16.7 Å². The number of unbranched alkanes of at least 4 members (excludes halogenated alkanes) is 1. The number of fused-ring (bicyclic) bond motifs is 3. The van der Waals surface area contributed by atoms with Crippen LogP contribution in [0.15, 0.2) is 12.1 Å². The third-order valence-corrected chi connectivity index (χ3v) is 5.83. The number of aromatic nitrogens is 1. The molecule has 0 fully saturated rings. The Morgan fingerprint density at radius 2 is 1.81 bits per heavy atom. The smallest absolute Gasteiger partial charge is 0.163 e. The number of methoxy groups -OCH3 is 1. The lowest BCUT2D eigenvalue weighted by Gasteiger charge is -2.19. The van der Waals surface area contributed by atoms with Gasteiger partial charge >= 0.3 is 0 Å². The van der Waals surface area contributed by atoms with Crippen molar-refractivity contribution < 1.29 is 14.2 Å². The molecule has 2 atom stereocenters. The number of nitrogens with zero attached hydrogens (tertiary/aromatic N) is 2. The number of hydrogen-bond donors (Lipinski definition) is 1. The van der Waals surface area contributed by atoms with Gasteiger partial charge in [0.05, 0.1) is 31.4 Å². The minimum atomic E-state index is 0.00905. The zero-order valence-corrected chi connectivity index (χ0v) is 20.2. The van der Waals surface area contributed by atoms with E-state index in [9.17, 15) is 0 Å². The second-order valence-corrected chi connectivity index (χ2v) is 8.89. The van der Waals surface area contributed by atoms with Crippen molar-refractivity contribution in [3.05, 3.63) is 23.3 Å². The fourth-order valence-electron chi connectivity index (χ4n) is 4.31. The van der Waals surface area contributed by atoms with Crippen LogP contribution in [-0.2, 0) is 4.74 Å². The zero-order chi connectivity index (χ0) is 22.5. The molecule has 172 valence electrons. The van der Waals surface area contributed by atoms with Crippen molar-refractivity contribution in [3.63, 3.8) is 0 Å². The van der Waals surface area contributed by atoms with E-state index in [0.29, 0.717) is 6.61 Å². The minimum absolute atomic E-state index is 0.00905. The van der Waals surface area contributed by atoms with E-state index in [-0.39, 0.29) is 18.2 Å². The Balaban J connectivity index is 1.87. The van der Waals surface area contributed by atoms with Gasteiger partial charge in [-0.3, -0.25) is 0 Å². The van der Waals surface area contributed by atoms with Gasteiger partial charge in [-0.05, 0) is 65.8 Å². The fraction of sp³-hybridized carbons (Fsp3) is 0.640. The monoisotopic (exact) mass is 429 g/mol. The topological polar surface area (TPSA) is 55.9 Å². The Labute approximate surface area is 187 Å². The first-order chi connectivity index (χ1) is 14.8. The summed E-state index contributed by atoms with van der Waals surface area (Å²) in [6.45, 7) is 13.5. The summed E-state index contributed by atoms with van der Waals surface area (Å²) < 4.78 is 18.0. The molecule has 1 aromatic carbocycles. The molecule has 1 N–H and O–H groups in total. The number of nitrogens with one attached hydrogen (secondary N) is 1. The summed E-state index contributed by atoms with van der Waals surface area (Å²) in [5.74, 6) is 2.39. The highest BCUT2D eigenvalue weighted by Gasteiger charge is 2.32. The lowest BCUT2D eigenvalue weighted by atomic mass is 9.98. The molecule has 0 amide bonds. The number of benzene rings is 1. The van der Waals surface area contributed by atoms with Crippen LogP contribution in [0.5, 0.6) is 11.5 Å². The number of ether oxygens (including phenoxy) is 3. The zero-order valence-electron chi connectivity index (χ0n) is 20.2. The van der Waals surface area contributed by atoms with Crippen molar-refractivity contribution in [3.8, 4) is 11.5 Å². The third kappa shape index (κ3) is 5.42. The molecule has 0 radical (unpaired) electrons. The molecule has 0 saturated heterocycles. The molecule has 0 saturated carbocycles. The molecule has 31 heavy (non-hydrogen) atoms. The number of anilines is 1. The van der Waals surface area contributed by atoms with E-state index in [0.717, 1.165) is 53.3 Å². The summed E-state index contributed by atoms with van der Waals surface area (Å²) in [7, 11) is 3.86. The van der Waals surface area contributed by atoms with E-state index in [2.05, 4.69) is 57.9 Å². The molecule has 6 nitrogen and oxygen atoms in total. The predicted molar refractivity (Wildman–Crippen MR) is 127 cm³/mol. The summed E-state index contributed by atoms with van der Waals surface area (Å²) in [6.07, 6.45) is 3.45. The van der Waals surface area contributed by atoms with Crippen LogP contribution in [0.25, 0.3) is 10.9 Å². The van der Waals surface area contributed by atoms with E-state index in [1.807, 2.05) is 6.07 Å². The van der Waals surface area contributed by atoms with Gasteiger partial charge in [-0.2, -0.15) is 0 Å². The Morgan fingerprint density at radius 3 is 2.48 bits per heavy atom. The highest BCUT2D eigenvalue weighted by molar-refractivity contribution is 5.90. The Hall–Kier alpha value is -2.05. The van der Waals surface area contributed by atoms with Crippen LogP contribution >= 0.6 is 0 Å². The van der Waals surface area contributed by atoms with E-state index >= 15 is 0 Å². The van der Waals surface area contributed by atoms with E-state index in [4.69, 9.17) is 19.2 Å². The second kappa shape index (κ2) is 10.5. The Morgan fingerprint density at radius 1 is 1.10 bits per heavy atom. The molecule has 1 aliphatic rings. The molecule has 1 aromatic heterocycles. The first-order valence-corrected chi connectivity index (χ1v) is 11.6. The quantitative estimate of drug-likeness (QED) is 0.461. The number of pyridine rings is 1. The lowest BCUT2D eigenvalue weighted by Crippen LogP contribution is -2.22. The van der Waals surface area contributed by atoms with Crippen LogP contribution in [0, 0.1) is 0 Å². The van der Waals surface area contributed by atoms with Gasteiger partial charge in [0.1, 0.15) is 5.82 Å².